The summed E-state index contributed by atoms with van der Waals surface area (Å²) in [5, 5.41) is 13.6. The van der Waals surface area contributed by atoms with Crippen molar-refractivity contribution in [3.05, 3.63) is 51.8 Å². The average Bonchev–Trinajstić information content (AvgIpc) is 2.68. The second kappa shape index (κ2) is 9.50. The van der Waals surface area contributed by atoms with Crippen LogP contribution in [0.15, 0.2) is 35.2 Å². The molecule has 1 N–H and O–H groups in total. The standard InChI is InChI=1S/C18H19FN2O8S/c1-27-6-7-29-17-10-15(21(23)24)12(9-16(17)28-2)18(22)20-14-8-11(30(3,25)26)4-5-13(14)19/h4-5,8-10H,6-7H2,1-3H3,(H,20,22). The van der Waals surface area contributed by atoms with Gasteiger partial charge >= 0.3 is 0 Å². The normalized spacial score (nSPS) is 11.1. The fourth-order valence-corrected chi connectivity index (χ4v) is 3.06. The molecule has 10 nitrogen and oxygen atoms in total. The van der Waals surface area contributed by atoms with Gasteiger partial charge in [-0.3, -0.25) is 14.9 Å². The first-order valence-electron chi connectivity index (χ1n) is 8.37. The van der Waals surface area contributed by atoms with Crippen LogP contribution >= 0.6 is 0 Å². The minimum atomic E-state index is -3.66. The fourth-order valence-electron chi connectivity index (χ4n) is 2.41. The molecule has 0 aromatic heterocycles. The summed E-state index contributed by atoms with van der Waals surface area (Å²) < 4.78 is 52.7. The highest BCUT2D eigenvalue weighted by molar-refractivity contribution is 7.90. The van der Waals surface area contributed by atoms with Gasteiger partial charge in [0.1, 0.15) is 18.0 Å². The van der Waals surface area contributed by atoms with Crippen LogP contribution in [0.25, 0.3) is 0 Å². The van der Waals surface area contributed by atoms with Crippen LogP contribution in [0.2, 0.25) is 0 Å². The molecule has 2 aromatic rings. The number of carbonyl (C=O) groups excluding carboxylic acids is 1. The highest BCUT2D eigenvalue weighted by Crippen LogP contribution is 2.35. The van der Waals surface area contributed by atoms with E-state index in [1.807, 2.05) is 0 Å². The molecule has 0 saturated heterocycles. The Hall–Kier alpha value is -3.25. The van der Waals surface area contributed by atoms with Crippen LogP contribution in [-0.2, 0) is 14.6 Å². The lowest BCUT2D eigenvalue weighted by atomic mass is 10.1. The molecule has 0 bridgehead atoms. The van der Waals surface area contributed by atoms with Gasteiger partial charge in [-0.15, -0.1) is 0 Å². The summed E-state index contributed by atoms with van der Waals surface area (Å²) in [6.07, 6.45) is 0.920. The number of nitro groups is 1. The number of rotatable bonds is 9. The lowest BCUT2D eigenvalue weighted by molar-refractivity contribution is -0.385. The van der Waals surface area contributed by atoms with Gasteiger partial charge in [0, 0.05) is 19.4 Å². The molecule has 0 aliphatic rings. The topological polar surface area (TPSA) is 134 Å². The quantitative estimate of drug-likeness (QED) is 0.271. The number of anilines is 1. The van der Waals surface area contributed by atoms with E-state index in [0.717, 1.165) is 36.6 Å². The van der Waals surface area contributed by atoms with Crippen molar-refractivity contribution in [2.75, 3.05) is 39.0 Å². The SMILES string of the molecule is COCCOc1cc([N+](=O)[O-])c(C(=O)Nc2cc(S(C)(=O)=O)ccc2F)cc1OC. The summed E-state index contributed by atoms with van der Waals surface area (Å²) in [5.74, 6) is -1.90. The predicted octanol–water partition coefficient (Wildman–Crippen LogP) is 2.42. The molecule has 0 radical (unpaired) electrons. The van der Waals surface area contributed by atoms with E-state index in [2.05, 4.69) is 5.32 Å². The van der Waals surface area contributed by atoms with E-state index in [1.54, 1.807) is 0 Å². The van der Waals surface area contributed by atoms with Crippen LogP contribution in [0.4, 0.5) is 15.8 Å². The van der Waals surface area contributed by atoms with Crippen molar-refractivity contribution < 1.29 is 36.7 Å². The summed E-state index contributed by atoms with van der Waals surface area (Å²) in [4.78, 5) is 23.1. The molecule has 0 heterocycles. The molecule has 0 aliphatic heterocycles. The van der Waals surface area contributed by atoms with Crippen molar-refractivity contribution in [2.24, 2.45) is 0 Å². The molecular weight excluding hydrogens is 423 g/mol. The van der Waals surface area contributed by atoms with Crippen LogP contribution in [0.1, 0.15) is 10.4 Å². The van der Waals surface area contributed by atoms with Crippen molar-refractivity contribution in [2.45, 2.75) is 4.90 Å². The van der Waals surface area contributed by atoms with Crippen molar-refractivity contribution in [3.8, 4) is 11.5 Å². The number of carbonyl (C=O) groups is 1. The molecule has 162 valence electrons. The third-order valence-electron chi connectivity index (χ3n) is 3.88. The van der Waals surface area contributed by atoms with Crippen molar-refractivity contribution in [1.82, 2.24) is 0 Å². The Labute approximate surface area is 171 Å². The molecule has 2 aromatic carbocycles. The number of ether oxygens (including phenoxy) is 3. The maximum Gasteiger partial charge on any atom is 0.286 e. The molecular formula is C18H19FN2O8S. The smallest absolute Gasteiger partial charge is 0.286 e. The average molecular weight is 442 g/mol. The first-order chi connectivity index (χ1) is 14.1. The fraction of sp³-hybridized carbons (Fsp3) is 0.278. The van der Waals surface area contributed by atoms with E-state index in [4.69, 9.17) is 14.2 Å². The third kappa shape index (κ3) is 5.42. The number of sulfone groups is 1. The minimum Gasteiger partial charge on any atom is -0.493 e. The van der Waals surface area contributed by atoms with Crippen molar-refractivity contribution in [3.63, 3.8) is 0 Å². The van der Waals surface area contributed by atoms with Crippen LogP contribution < -0.4 is 14.8 Å². The van der Waals surface area contributed by atoms with Gasteiger partial charge in [-0.2, -0.15) is 0 Å². The maximum absolute atomic E-state index is 14.1. The number of nitrogens with zero attached hydrogens (tertiary/aromatic N) is 1. The lowest BCUT2D eigenvalue weighted by Crippen LogP contribution is -2.16. The molecule has 0 saturated carbocycles. The zero-order chi connectivity index (χ0) is 22.5. The molecule has 0 aliphatic carbocycles. The third-order valence-corrected chi connectivity index (χ3v) is 4.99. The van der Waals surface area contributed by atoms with Gasteiger partial charge in [0.25, 0.3) is 11.6 Å². The Kier molecular flexibility index (Phi) is 7.29. The Morgan fingerprint density at radius 1 is 1.17 bits per heavy atom. The second-order valence-electron chi connectivity index (χ2n) is 5.99. The number of hydrogen-bond donors (Lipinski definition) is 1. The van der Waals surface area contributed by atoms with Gasteiger partial charge < -0.3 is 19.5 Å². The maximum atomic E-state index is 14.1. The zero-order valence-corrected chi connectivity index (χ0v) is 17.1. The summed E-state index contributed by atoms with van der Waals surface area (Å²) in [5.41, 5.74) is -1.49. The van der Waals surface area contributed by atoms with E-state index in [-0.39, 0.29) is 29.6 Å². The van der Waals surface area contributed by atoms with Crippen LogP contribution in [0.5, 0.6) is 11.5 Å². The molecule has 0 fully saturated rings. The number of nitrogens with one attached hydrogen (secondary N) is 1. The van der Waals surface area contributed by atoms with E-state index in [9.17, 15) is 27.7 Å². The lowest BCUT2D eigenvalue weighted by Gasteiger charge is -2.13. The molecule has 0 atom stereocenters. The summed E-state index contributed by atoms with van der Waals surface area (Å²) in [6, 6.07) is 4.92. The Morgan fingerprint density at radius 2 is 1.87 bits per heavy atom. The van der Waals surface area contributed by atoms with E-state index >= 15 is 0 Å². The largest absolute Gasteiger partial charge is 0.493 e. The molecule has 2 rings (SSSR count). The van der Waals surface area contributed by atoms with Crippen LogP contribution in [0.3, 0.4) is 0 Å². The molecule has 0 spiro atoms. The highest BCUT2D eigenvalue weighted by Gasteiger charge is 2.26. The number of amides is 1. The number of halogens is 1. The Bertz CT molecular complexity index is 1070. The highest BCUT2D eigenvalue weighted by atomic mass is 32.2. The monoisotopic (exact) mass is 442 g/mol. The van der Waals surface area contributed by atoms with Gasteiger partial charge in [-0.05, 0) is 18.2 Å². The zero-order valence-electron chi connectivity index (χ0n) is 16.3. The summed E-state index contributed by atoms with van der Waals surface area (Å²) in [6.45, 7) is 0.300. The molecule has 0 unspecified atom stereocenters. The molecule has 30 heavy (non-hydrogen) atoms. The first kappa shape index (κ1) is 23.0. The van der Waals surface area contributed by atoms with Gasteiger partial charge in [0.2, 0.25) is 0 Å². The van der Waals surface area contributed by atoms with E-state index in [1.165, 1.54) is 14.2 Å². The van der Waals surface area contributed by atoms with Gasteiger partial charge in [0.15, 0.2) is 21.3 Å². The van der Waals surface area contributed by atoms with Crippen LogP contribution in [-0.4, -0.2) is 52.9 Å². The number of methoxy groups -OCH3 is 2. The number of hydrogen-bond acceptors (Lipinski definition) is 8. The Morgan fingerprint density at radius 3 is 2.43 bits per heavy atom. The van der Waals surface area contributed by atoms with Crippen molar-refractivity contribution >= 4 is 27.1 Å². The second-order valence-corrected chi connectivity index (χ2v) is 8.00. The van der Waals surface area contributed by atoms with E-state index in [0.29, 0.717) is 0 Å². The van der Waals surface area contributed by atoms with Crippen LogP contribution in [0, 0.1) is 15.9 Å². The summed E-state index contributed by atoms with van der Waals surface area (Å²) in [7, 11) is -0.933. The van der Waals surface area contributed by atoms with Gasteiger partial charge in [0.05, 0.1) is 35.3 Å². The van der Waals surface area contributed by atoms with Crippen molar-refractivity contribution in [1.29, 1.82) is 0 Å². The first-order valence-corrected chi connectivity index (χ1v) is 10.3. The summed E-state index contributed by atoms with van der Waals surface area (Å²) >= 11 is 0. The van der Waals surface area contributed by atoms with E-state index < -0.39 is 43.4 Å². The van der Waals surface area contributed by atoms with Gasteiger partial charge in [-0.1, -0.05) is 0 Å². The number of nitro benzene ring substituents is 1. The molecule has 12 heteroatoms. The predicted molar refractivity (Wildman–Crippen MR) is 104 cm³/mol. The minimum absolute atomic E-state index is 0.0167. The Balaban J connectivity index is 2.45. The van der Waals surface area contributed by atoms with Gasteiger partial charge in [-0.25, -0.2) is 12.8 Å². The molecule has 1 amide bonds. The number of benzene rings is 2.